The molecule has 0 aromatic heterocycles. The lowest BCUT2D eigenvalue weighted by atomic mass is 9.61. The average molecular weight is 284 g/mol. The van der Waals surface area contributed by atoms with Gasteiger partial charge < -0.3 is 15.2 Å². The first-order chi connectivity index (χ1) is 9.01. The Hall–Kier alpha value is -0.930. The summed E-state index contributed by atoms with van der Waals surface area (Å²) >= 11 is 5.93. The number of nitrogens with one attached hydrogen (secondary N) is 1. The Labute approximate surface area is 119 Å². The van der Waals surface area contributed by atoms with Crippen LogP contribution < -0.4 is 5.32 Å². The van der Waals surface area contributed by atoms with E-state index in [0.717, 1.165) is 25.1 Å². The number of rotatable bonds is 5. The summed E-state index contributed by atoms with van der Waals surface area (Å²) < 4.78 is 5.79. The predicted octanol–water partition coefficient (Wildman–Crippen LogP) is 4.05. The van der Waals surface area contributed by atoms with Crippen molar-refractivity contribution in [3.63, 3.8) is 0 Å². The van der Waals surface area contributed by atoms with Crippen LogP contribution >= 0.6 is 11.6 Å². The van der Waals surface area contributed by atoms with Crippen LogP contribution in [0.4, 0.5) is 5.69 Å². The molecule has 3 nitrogen and oxygen atoms in total. The zero-order chi connectivity index (χ0) is 14.0. The number of benzene rings is 1. The van der Waals surface area contributed by atoms with Crippen molar-refractivity contribution < 1.29 is 9.84 Å². The molecule has 1 aromatic carbocycles. The summed E-state index contributed by atoms with van der Waals surface area (Å²) in [5.41, 5.74) is 1.10. The normalized spacial score (nSPS) is 29.9. The van der Waals surface area contributed by atoms with Crippen LogP contribution in [0.2, 0.25) is 5.02 Å². The van der Waals surface area contributed by atoms with Gasteiger partial charge in [-0.25, -0.2) is 0 Å². The summed E-state index contributed by atoms with van der Waals surface area (Å²) in [5.74, 6) is 0.117. The highest BCUT2D eigenvalue weighted by atomic mass is 35.5. The van der Waals surface area contributed by atoms with E-state index in [1.807, 2.05) is 13.0 Å². The van der Waals surface area contributed by atoms with E-state index in [-0.39, 0.29) is 11.2 Å². The second-order valence-corrected chi connectivity index (χ2v) is 5.81. The quantitative estimate of drug-likeness (QED) is 0.801. The molecule has 0 heterocycles. The minimum absolute atomic E-state index is 0.117. The van der Waals surface area contributed by atoms with Crippen LogP contribution in [0.15, 0.2) is 18.2 Å². The van der Waals surface area contributed by atoms with Crippen molar-refractivity contribution >= 4 is 17.3 Å². The molecule has 2 rings (SSSR count). The van der Waals surface area contributed by atoms with Crippen LogP contribution in [-0.4, -0.2) is 23.9 Å². The number of phenols is 1. The highest BCUT2D eigenvalue weighted by Gasteiger charge is 2.51. The van der Waals surface area contributed by atoms with Crippen molar-refractivity contribution in [1.29, 1.82) is 0 Å². The Bertz CT molecular complexity index is 452. The third kappa shape index (κ3) is 2.67. The van der Waals surface area contributed by atoms with Gasteiger partial charge in [-0.1, -0.05) is 25.4 Å². The zero-order valence-electron chi connectivity index (χ0n) is 11.7. The van der Waals surface area contributed by atoms with Gasteiger partial charge in [-0.2, -0.15) is 0 Å². The van der Waals surface area contributed by atoms with E-state index in [1.165, 1.54) is 0 Å². The molecule has 1 aliphatic carbocycles. The Morgan fingerprint density at radius 2 is 2.21 bits per heavy atom. The fourth-order valence-electron chi connectivity index (χ4n) is 2.77. The topological polar surface area (TPSA) is 41.5 Å². The summed E-state index contributed by atoms with van der Waals surface area (Å²) in [7, 11) is 0. The largest absolute Gasteiger partial charge is 0.506 e. The standard InChI is InChI=1S/C15H22ClNO2/c1-4-15(3)13(9-14(15)19-5-2)17-10-6-7-12(18)11(16)8-10/h6-8,13-14,17-18H,4-5,9H2,1-3H3. The van der Waals surface area contributed by atoms with Gasteiger partial charge in [0.25, 0.3) is 0 Å². The maximum absolute atomic E-state index is 9.43. The zero-order valence-corrected chi connectivity index (χ0v) is 12.5. The van der Waals surface area contributed by atoms with E-state index < -0.39 is 0 Å². The molecule has 1 aliphatic rings. The number of hydrogen-bond donors (Lipinski definition) is 2. The molecule has 106 valence electrons. The first-order valence-corrected chi connectivity index (χ1v) is 7.25. The Morgan fingerprint density at radius 1 is 1.47 bits per heavy atom. The van der Waals surface area contributed by atoms with E-state index in [9.17, 15) is 5.11 Å². The third-order valence-electron chi connectivity index (χ3n) is 4.40. The Kier molecular flexibility index (Phi) is 4.26. The van der Waals surface area contributed by atoms with Gasteiger partial charge in [0, 0.05) is 23.8 Å². The molecule has 0 amide bonds. The van der Waals surface area contributed by atoms with Crippen LogP contribution in [0.25, 0.3) is 0 Å². The van der Waals surface area contributed by atoms with Crippen LogP contribution in [0, 0.1) is 5.41 Å². The minimum atomic E-state index is 0.117. The lowest BCUT2D eigenvalue weighted by molar-refractivity contribution is -0.109. The van der Waals surface area contributed by atoms with Gasteiger partial charge in [0.05, 0.1) is 11.1 Å². The maximum atomic E-state index is 9.43. The van der Waals surface area contributed by atoms with Crippen molar-refractivity contribution in [2.24, 2.45) is 5.41 Å². The molecular weight excluding hydrogens is 262 g/mol. The van der Waals surface area contributed by atoms with Gasteiger partial charge in [0.2, 0.25) is 0 Å². The minimum Gasteiger partial charge on any atom is -0.506 e. The molecule has 3 unspecified atom stereocenters. The molecule has 0 bridgehead atoms. The van der Waals surface area contributed by atoms with E-state index >= 15 is 0 Å². The van der Waals surface area contributed by atoms with E-state index in [4.69, 9.17) is 16.3 Å². The van der Waals surface area contributed by atoms with Crippen LogP contribution in [0.3, 0.4) is 0 Å². The van der Waals surface area contributed by atoms with E-state index in [0.29, 0.717) is 17.2 Å². The smallest absolute Gasteiger partial charge is 0.134 e. The summed E-state index contributed by atoms with van der Waals surface area (Å²) in [6.07, 6.45) is 2.41. The number of hydrogen-bond acceptors (Lipinski definition) is 3. The molecule has 4 heteroatoms. The van der Waals surface area contributed by atoms with Crippen LogP contribution in [-0.2, 0) is 4.74 Å². The van der Waals surface area contributed by atoms with Gasteiger partial charge >= 0.3 is 0 Å². The predicted molar refractivity (Wildman–Crippen MR) is 79.0 cm³/mol. The van der Waals surface area contributed by atoms with Crippen molar-refractivity contribution in [2.75, 3.05) is 11.9 Å². The number of ether oxygens (including phenoxy) is 1. The van der Waals surface area contributed by atoms with Crippen molar-refractivity contribution in [1.82, 2.24) is 0 Å². The lowest BCUT2D eigenvalue weighted by Gasteiger charge is -2.54. The SMILES string of the molecule is CCOC1CC(Nc2ccc(O)c(Cl)c2)C1(C)CC. The second-order valence-electron chi connectivity index (χ2n) is 5.40. The first kappa shape index (κ1) is 14.5. The third-order valence-corrected chi connectivity index (χ3v) is 4.70. The molecule has 1 fully saturated rings. The Balaban J connectivity index is 2.05. The van der Waals surface area contributed by atoms with Gasteiger partial charge in [0.1, 0.15) is 5.75 Å². The monoisotopic (exact) mass is 283 g/mol. The molecule has 19 heavy (non-hydrogen) atoms. The lowest BCUT2D eigenvalue weighted by Crippen LogP contribution is -2.59. The second kappa shape index (κ2) is 5.59. The highest BCUT2D eigenvalue weighted by molar-refractivity contribution is 6.32. The van der Waals surface area contributed by atoms with E-state index in [1.54, 1.807) is 12.1 Å². The number of phenolic OH excluding ortho intramolecular Hbond substituents is 1. The van der Waals surface area contributed by atoms with Crippen LogP contribution in [0.5, 0.6) is 5.75 Å². The summed E-state index contributed by atoms with van der Waals surface area (Å²) in [5, 5.41) is 13.3. The molecule has 1 aromatic rings. The van der Waals surface area contributed by atoms with Crippen molar-refractivity contribution in [3.05, 3.63) is 23.2 Å². The molecule has 0 aliphatic heterocycles. The molecule has 0 radical (unpaired) electrons. The van der Waals surface area contributed by atoms with Gasteiger partial charge in [-0.05, 0) is 38.0 Å². The average Bonchev–Trinajstić information content (AvgIpc) is 2.40. The summed E-state index contributed by atoms with van der Waals surface area (Å²) in [6, 6.07) is 5.62. The van der Waals surface area contributed by atoms with Crippen LogP contribution in [0.1, 0.15) is 33.6 Å². The van der Waals surface area contributed by atoms with Gasteiger partial charge in [0.15, 0.2) is 0 Å². The fourth-order valence-corrected chi connectivity index (χ4v) is 2.95. The number of aromatic hydroxyl groups is 1. The highest BCUT2D eigenvalue weighted by Crippen LogP contribution is 2.47. The fraction of sp³-hybridized carbons (Fsp3) is 0.600. The number of halogens is 1. The molecule has 1 saturated carbocycles. The van der Waals surface area contributed by atoms with Crippen molar-refractivity contribution in [2.45, 2.75) is 45.8 Å². The molecule has 2 N–H and O–H groups in total. The maximum Gasteiger partial charge on any atom is 0.134 e. The summed E-state index contributed by atoms with van der Waals surface area (Å²) in [6.45, 7) is 7.26. The number of anilines is 1. The molecule has 3 atom stereocenters. The molecule has 0 spiro atoms. The van der Waals surface area contributed by atoms with Gasteiger partial charge in [-0.3, -0.25) is 0 Å². The van der Waals surface area contributed by atoms with Gasteiger partial charge in [-0.15, -0.1) is 0 Å². The molecular formula is C15H22ClNO2. The summed E-state index contributed by atoms with van der Waals surface area (Å²) in [4.78, 5) is 0. The Morgan fingerprint density at radius 3 is 2.79 bits per heavy atom. The first-order valence-electron chi connectivity index (χ1n) is 6.88. The van der Waals surface area contributed by atoms with Crippen molar-refractivity contribution in [3.8, 4) is 5.75 Å². The van der Waals surface area contributed by atoms with E-state index in [2.05, 4.69) is 19.2 Å². The molecule has 0 saturated heterocycles.